The molecule has 1 aliphatic heterocycles. The second-order valence-electron chi connectivity index (χ2n) is 10.7. The van der Waals surface area contributed by atoms with E-state index in [2.05, 4.69) is 164 Å². The SMILES string of the molecule is c1ccc(P(c2ccccc2)(c2ccccc2)(c2ccccc2)c2cccc3c2-c2ccccc2OCCCO3)cc1. The number of rotatable bonds is 5. The van der Waals surface area contributed by atoms with Gasteiger partial charge in [-0.1, -0.05) is 0 Å². The van der Waals surface area contributed by atoms with E-state index in [0.29, 0.717) is 13.2 Å². The van der Waals surface area contributed by atoms with E-state index in [-0.39, 0.29) is 0 Å². The summed E-state index contributed by atoms with van der Waals surface area (Å²) in [7, 11) is 0. The Labute approximate surface area is 248 Å². The molecule has 0 fully saturated rings. The summed E-state index contributed by atoms with van der Waals surface area (Å²) in [5, 5.41) is 6.35. The monoisotopic (exact) mass is 564 g/mol. The van der Waals surface area contributed by atoms with Crippen molar-refractivity contribution in [2.75, 3.05) is 13.2 Å². The van der Waals surface area contributed by atoms with Crippen LogP contribution in [0, 0.1) is 0 Å². The van der Waals surface area contributed by atoms with E-state index >= 15 is 0 Å². The molecule has 0 saturated carbocycles. The first kappa shape index (κ1) is 26.3. The van der Waals surface area contributed by atoms with Gasteiger partial charge in [-0.25, -0.2) is 0 Å². The fourth-order valence-corrected chi connectivity index (χ4v) is 13.9. The number of fused-ring (bicyclic) bond motifs is 3. The minimum absolute atomic E-state index is 0.591. The van der Waals surface area contributed by atoms with Crippen molar-refractivity contribution in [3.8, 4) is 22.6 Å². The summed E-state index contributed by atoms with van der Waals surface area (Å²) in [5.41, 5.74) is 2.14. The van der Waals surface area contributed by atoms with Crippen LogP contribution in [0.1, 0.15) is 6.42 Å². The summed E-state index contributed by atoms with van der Waals surface area (Å²) in [6.07, 6.45) is 0.816. The normalized spacial score (nSPS) is 13.9. The van der Waals surface area contributed by atoms with Gasteiger partial charge in [-0.15, -0.1) is 0 Å². The van der Waals surface area contributed by atoms with Gasteiger partial charge in [0, 0.05) is 0 Å². The second kappa shape index (κ2) is 11.0. The Morgan fingerprint density at radius 1 is 0.381 bits per heavy atom. The predicted molar refractivity (Wildman–Crippen MR) is 178 cm³/mol. The molecule has 2 nitrogen and oxygen atoms in total. The molecule has 0 aromatic heterocycles. The number of benzene rings is 6. The van der Waals surface area contributed by atoms with Crippen molar-refractivity contribution in [1.29, 1.82) is 0 Å². The summed E-state index contributed by atoms with van der Waals surface area (Å²) in [5.74, 6) is 1.77. The third-order valence-corrected chi connectivity index (χ3v) is 15.2. The molecule has 0 N–H and O–H groups in total. The van der Waals surface area contributed by atoms with Crippen LogP contribution < -0.4 is 36.0 Å². The topological polar surface area (TPSA) is 18.5 Å². The molecule has 7 rings (SSSR count). The Bertz CT molecular complexity index is 1630. The summed E-state index contributed by atoms with van der Waals surface area (Å²) in [4.78, 5) is 0. The number of hydrogen-bond donors (Lipinski definition) is 0. The zero-order valence-corrected chi connectivity index (χ0v) is 24.4. The minimum atomic E-state index is -3.71. The Kier molecular flexibility index (Phi) is 6.86. The van der Waals surface area contributed by atoms with Gasteiger partial charge in [-0.05, 0) is 0 Å². The molecule has 0 radical (unpaired) electrons. The summed E-state index contributed by atoms with van der Waals surface area (Å²) < 4.78 is 13.1. The fourth-order valence-electron chi connectivity index (χ4n) is 6.86. The zero-order valence-electron chi connectivity index (χ0n) is 23.5. The quantitative estimate of drug-likeness (QED) is 0.210. The van der Waals surface area contributed by atoms with E-state index in [4.69, 9.17) is 9.47 Å². The van der Waals surface area contributed by atoms with Crippen molar-refractivity contribution in [2.45, 2.75) is 6.42 Å². The van der Waals surface area contributed by atoms with Crippen LogP contribution in [0.25, 0.3) is 11.1 Å². The number of ether oxygens (including phenoxy) is 2. The molecule has 42 heavy (non-hydrogen) atoms. The fraction of sp³-hybridized carbons (Fsp3) is 0.0769. The van der Waals surface area contributed by atoms with Gasteiger partial charge in [0.05, 0.1) is 0 Å². The van der Waals surface area contributed by atoms with Gasteiger partial charge >= 0.3 is 249 Å². The van der Waals surface area contributed by atoms with Crippen molar-refractivity contribution in [3.05, 3.63) is 164 Å². The molecule has 0 unspecified atom stereocenters. The molecule has 0 amide bonds. The van der Waals surface area contributed by atoms with E-state index in [1.54, 1.807) is 0 Å². The first-order valence-electron chi connectivity index (χ1n) is 14.6. The van der Waals surface area contributed by atoms with Crippen molar-refractivity contribution >= 4 is 33.1 Å². The average Bonchev–Trinajstić information content (AvgIpc) is 3.17. The molecule has 0 saturated heterocycles. The van der Waals surface area contributed by atoms with Crippen LogP contribution in [-0.4, -0.2) is 13.2 Å². The maximum absolute atomic E-state index is 6.63. The Hall–Kier alpha value is -4.65. The maximum atomic E-state index is 6.63. The molecule has 3 heteroatoms. The van der Waals surface area contributed by atoms with Crippen LogP contribution in [0.2, 0.25) is 0 Å². The standard InChI is InChI=1S/C39H33O2P/c1-5-17-31(18-6-1)42(32-19-7-2-8-20-32,33-21-9-3-10-22-33,34-23-11-4-12-24-34)38-28-15-27-37-39(38)35-25-13-14-26-36(35)40-29-16-30-41-37/h1-15,17-28H,16,29-30H2. The Morgan fingerprint density at radius 3 is 1.29 bits per heavy atom. The van der Waals surface area contributed by atoms with Crippen molar-refractivity contribution in [2.24, 2.45) is 0 Å². The van der Waals surface area contributed by atoms with Crippen LogP contribution >= 0.6 is 6.60 Å². The van der Waals surface area contributed by atoms with Crippen LogP contribution in [0.3, 0.4) is 0 Å². The first-order chi connectivity index (χ1) is 20.8. The third kappa shape index (κ3) is 3.83. The Morgan fingerprint density at radius 2 is 0.786 bits per heavy atom. The number of hydrogen-bond acceptors (Lipinski definition) is 2. The van der Waals surface area contributed by atoms with E-state index < -0.39 is 6.60 Å². The van der Waals surface area contributed by atoms with Gasteiger partial charge < -0.3 is 0 Å². The molecular formula is C39H33O2P. The molecule has 0 bridgehead atoms. The van der Waals surface area contributed by atoms with E-state index in [0.717, 1.165) is 29.0 Å². The van der Waals surface area contributed by atoms with Gasteiger partial charge in [0.2, 0.25) is 0 Å². The van der Waals surface area contributed by atoms with Crippen molar-refractivity contribution in [1.82, 2.24) is 0 Å². The Balaban J connectivity index is 1.81. The van der Waals surface area contributed by atoms with Gasteiger partial charge in [0.1, 0.15) is 0 Å². The summed E-state index contributed by atoms with van der Waals surface area (Å²) >= 11 is 0. The van der Waals surface area contributed by atoms with Crippen LogP contribution in [0.15, 0.2) is 164 Å². The molecule has 206 valence electrons. The molecular weight excluding hydrogens is 531 g/mol. The molecule has 0 atom stereocenters. The molecule has 0 spiro atoms. The summed E-state index contributed by atoms with van der Waals surface area (Å²) in [6, 6.07) is 59.5. The average molecular weight is 565 g/mol. The van der Waals surface area contributed by atoms with E-state index in [1.165, 1.54) is 26.5 Å². The van der Waals surface area contributed by atoms with Gasteiger partial charge in [-0.3, -0.25) is 0 Å². The first-order valence-corrected chi connectivity index (χ1v) is 16.8. The predicted octanol–water partition coefficient (Wildman–Crippen LogP) is 7.00. The van der Waals surface area contributed by atoms with Gasteiger partial charge in [0.25, 0.3) is 0 Å². The summed E-state index contributed by atoms with van der Waals surface area (Å²) in [6.45, 7) is -2.51. The second-order valence-corrected chi connectivity index (χ2v) is 15.4. The van der Waals surface area contributed by atoms with Crippen LogP contribution in [-0.2, 0) is 0 Å². The van der Waals surface area contributed by atoms with Crippen molar-refractivity contribution < 1.29 is 9.47 Å². The molecule has 6 aromatic carbocycles. The molecule has 0 aliphatic carbocycles. The molecule has 1 aliphatic rings. The molecule has 1 heterocycles. The van der Waals surface area contributed by atoms with E-state index in [1.807, 2.05) is 0 Å². The number of para-hydroxylation sites is 1. The van der Waals surface area contributed by atoms with E-state index in [9.17, 15) is 0 Å². The van der Waals surface area contributed by atoms with Crippen molar-refractivity contribution in [3.63, 3.8) is 0 Å². The van der Waals surface area contributed by atoms with Crippen LogP contribution in [0.4, 0.5) is 0 Å². The van der Waals surface area contributed by atoms with Crippen LogP contribution in [0.5, 0.6) is 11.5 Å². The van der Waals surface area contributed by atoms with Gasteiger partial charge in [-0.2, -0.15) is 0 Å². The zero-order chi connectivity index (χ0) is 28.3. The third-order valence-electron chi connectivity index (χ3n) is 8.54. The molecule has 6 aromatic rings. The van der Waals surface area contributed by atoms with Gasteiger partial charge in [0.15, 0.2) is 0 Å².